The number of aliphatic hydroxyl groups excluding tert-OH is 2. The third-order valence-electron chi connectivity index (χ3n) is 2.48. The quantitative estimate of drug-likeness (QED) is 0.668. The van der Waals surface area contributed by atoms with Crippen molar-refractivity contribution in [1.82, 2.24) is 0 Å². The Kier molecular flexibility index (Phi) is 3.06. The molecule has 0 amide bonds. The van der Waals surface area contributed by atoms with E-state index in [-0.39, 0.29) is 12.7 Å². The first-order chi connectivity index (χ1) is 5.66. The largest absolute Gasteiger partial charge is 0.396 e. The lowest BCUT2D eigenvalue weighted by atomic mass is 10.0. The monoisotopic (exact) mass is 168 g/mol. The summed E-state index contributed by atoms with van der Waals surface area (Å²) in [4.78, 5) is 0. The molecular weight excluding hydrogens is 152 g/mol. The third-order valence-corrected chi connectivity index (χ3v) is 2.48. The van der Waals surface area contributed by atoms with Gasteiger partial charge in [0.15, 0.2) is 0 Å². The molecule has 0 heterocycles. The molecule has 0 aromatic heterocycles. The summed E-state index contributed by atoms with van der Waals surface area (Å²) in [6.07, 6.45) is 2.06. The van der Waals surface area contributed by atoms with E-state index in [9.17, 15) is 5.11 Å². The van der Waals surface area contributed by atoms with Gasteiger partial charge in [0.1, 0.15) is 0 Å². The van der Waals surface area contributed by atoms with Gasteiger partial charge in [-0.1, -0.05) is 6.58 Å². The Hall–Kier alpha value is -0.600. The van der Waals surface area contributed by atoms with E-state index in [1.54, 1.807) is 0 Å². The van der Waals surface area contributed by atoms with Crippen molar-refractivity contribution < 1.29 is 10.2 Å². The highest BCUT2D eigenvalue weighted by molar-refractivity contribution is 5.37. The molecule has 0 bridgehead atoms. The average molecular weight is 168 g/mol. The summed E-state index contributed by atoms with van der Waals surface area (Å²) in [7, 11) is 0. The smallest absolute Gasteiger partial charge is 0.0756 e. The topological polar surface area (TPSA) is 40.5 Å². The number of aliphatic hydroxyl groups is 2. The van der Waals surface area contributed by atoms with Crippen LogP contribution in [0, 0.1) is 0 Å². The van der Waals surface area contributed by atoms with Crippen molar-refractivity contribution in [2.75, 3.05) is 6.61 Å². The molecule has 0 aliphatic heterocycles. The molecule has 2 nitrogen and oxygen atoms in total. The van der Waals surface area contributed by atoms with Gasteiger partial charge in [-0.15, -0.1) is 0 Å². The summed E-state index contributed by atoms with van der Waals surface area (Å²) in [6, 6.07) is 0. The Morgan fingerprint density at radius 3 is 2.75 bits per heavy atom. The second-order valence-electron chi connectivity index (χ2n) is 3.29. The van der Waals surface area contributed by atoms with Gasteiger partial charge in [0.25, 0.3) is 0 Å². The van der Waals surface area contributed by atoms with Gasteiger partial charge in [0, 0.05) is 6.61 Å². The summed E-state index contributed by atoms with van der Waals surface area (Å²) in [5, 5.41) is 18.1. The van der Waals surface area contributed by atoms with Gasteiger partial charge in [-0.2, -0.15) is 0 Å². The van der Waals surface area contributed by atoms with E-state index >= 15 is 0 Å². The maximum Gasteiger partial charge on any atom is 0.0756 e. The van der Waals surface area contributed by atoms with E-state index in [0.717, 1.165) is 29.6 Å². The predicted molar refractivity (Wildman–Crippen MR) is 48.8 cm³/mol. The van der Waals surface area contributed by atoms with E-state index in [0.29, 0.717) is 6.42 Å². The van der Waals surface area contributed by atoms with Gasteiger partial charge in [-0.3, -0.25) is 0 Å². The van der Waals surface area contributed by atoms with Crippen LogP contribution < -0.4 is 0 Å². The second kappa shape index (κ2) is 3.87. The molecule has 2 heteroatoms. The zero-order chi connectivity index (χ0) is 9.14. The lowest BCUT2D eigenvalue weighted by molar-refractivity contribution is 0.212. The van der Waals surface area contributed by atoms with Crippen molar-refractivity contribution in [2.45, 2.75) is 32.3 Å². The normalized spacial score (nSPS) is 23.4. The Bertz CT molecular complexity index is 216. The Balaban J connectivity index is 2.68. The Morgan fingerprint density at radius 1 is 1.67 bits per heavy atom. The molecule has 12 heavy (non-hydrogen) atoms. The second-order valence-corrected chi connectivity index (χ2v) is 3.29. The first-order valence-corrected chi connectivity index (χ1v) is 4.33. The minimum atomic E-state index is -0.282. The first-order valence-electron chi connectivity index (χ1n) is 4.33. The van der Waals surface area contributed by atoms with Crippen LogP contribution in [-0.4, -0.2) is 22.9 Å². The molecule has 0 spiro atoms. The molecule has 2 N–H and O–H groups in total. The van der Waals surface area contributed by atoms with Crippen molar-refractivity contribution in [3.05, 3.63) is 23.3 Å². The lowest BCUT2D eigenvalue weighted by Gasteiger charge is -2.06. The minimum absolute atomic E-state index is 0.145. The molecule has 1 rings (SSSR count). The molecule has 1 aliphatic carbocycles. The summed E-state index contributed by atoms with van der Waals surface area (Å²) in [6.45, 7) is 5.97. The van der Waals surface area contributed by atoms with Crippen LogP contribution in [0.15, 0.2) is 23.3 Å². The summed E-state index contributed by atoms with van der Waals surface area (Å²) >= 11 is 0. The molecule has 0 saturated carbocycles. The molecular formula is C10H16O2. The van der Waals surface area contributed by atoms with Gasteiger partial charge >= 0.3 is 0 Å². The number of hydrogen-bond donors (Lipinski definition) is 2. The predicted octanol–water partition coefficient (Wildman–Crippen LogP) is 1.40. The molecule has 0 aromatic rings. The number of hydrogen-bond acceptors (Lipinski definition) is 2. The molecule has 1 atom stereocenters. The van der Waals surface area contributed by atoms with Gasteiger partial charge in [0.05, 0.1) is 6.10 Å². The van der Waals surface area contributed by atoms with E-state index in [2.05, 4.69) is 6.58 Å². The maximum absolute atomic E-state index is 9.42. The van der Waals surface area contributed by atoms with Crippen LogP contribution in [0.25, 0.3) is 0 Å². The van der Waals surface area contributed by atoms with Crippen LogP contribution >= 0.6 is 0 Å². The fraction of sp³-hybridized carbons (Fsp3) is 0.600. The van der Waals surface area contributed by atoms with E-state index in [4.69, 9.17) is 5.11 Å². The average Bonchev–Trinajstić information content (AvgIpc) is 2.34. The molecule has 0 fully saturated rings. The fourth-order valence-electron chi connectivity index (χ4n) is 1.64. The third kappa shape index (κ3) is 1.76. The van der Waals surface area contributed by atoms with Crippen LogP contribution in [0.2, 0.25) is 0 Å². The van der Waals surface area contributed by atoms with Gasteiger partial charge in [0.2, 0.25) is 0 Å². The fourth-order valence-corrected chi connectivity index (χ4v) is 1.64. The number of allylic oxidation sites excluding steroid dienone is 1. The molecule has 0 radical (unpaired) electrons. The maximum atomic E-state index is 9.42. The molecule has 0 aromatic carbocycles. The highest BCUT2D eigenvalue weighted by atomic mass is 16.3. The molecule has 1 aliphatic rings. The zero-order valence-electron chi connectivity index (χ0n) is 7.51. The zero-order valence-corrected chi connectivity index (χ0v) is 7.51. The van der Waals surface area contributed by atoms with Crippen LogP contribution in [-0.2, 0) is 0 Å². The van der Waals surface area contributed by atoms with Gasteiger partial charge < -0.3 is 10.2 Å². The van der Waals surface area contributed by atoms with E-state index < -0.39 is 0 Å². The van der Waals surface area contributed by atoms with Crippen molar-refractivity contribution in [3.8, 4) is 0 Å². The van der Waals surface area contributed by atoms with E-state index in [1.807, 2.05) is 6.92 Å². The standard InChI is InChI=1S/C10H16O2/c1-7(5-6-11)9-3-4-10(12)8(9)2/h10-12H,1,3-6H2,2H3. The Labute approximate surface area is 73.2 Å². The molecule has 68 valence electrons. The Morgan fingerprint density at radius 2 is 2.33 bits per heavy atom. The van der Waals surface area contributed by atoms with Gasteiger partial charge in [-0.05, 0) is 42.9 Å². The van der Waals surface area contributed by atoms with Crippen molar-refractivity contribution in [2.24, 2.45) is 0 Å². The summed E-state index contributed by atoms with van der Waals surface area (Å²) in [5.41, 5.74) is 3.18. The van der Waals surface area contributed by atoms with E-state index in [1.165, 1.54) is 0 Å². The lowest BCUT2D eigenvalue weighted by Crippen LogP contribution is -2.01. The van der Waals surface area contributed by atoms with Gasteiger partial charge in [-0.25, -0.2) is 0 Å². The highest BCUT2D eigenvalue weighted by Gasteiger charge is 2.20. The number of rotatable bonds is 3. The van der Waals surface area contributed by atoms with Crippen LogP contribution in [0.4, 0.5) is 0 Å². The van der Waals surface area contributed by atoms with Crippen molar-refractivity contribution >= 4 is 0 Å². The molecule has 0 saturated heterocycles. The van der Waals surface area contributed by atoms with Crippen molar-refractivity contribution in [3.63, 3.8) is 0 Å². The van der Waals surface area contributed by atoms with Crippen LogP contribution in [0.5, 0.6) is 0 Å². The summed E-state index contributed by atoms with van der Waals surface area (Å²) < 4.78 is 0. The summed E-state index contributed by atoms with van der Waals surface area (Å²) in [5.74, 6) is 0. The van der Waals surface area contributed by atoms with Crippen LogP contribution in [0.3, 0.4) is 0 Å². The highest BCUT2D eigenvalue weighted by Crippen LogP contribution is 2.31. The van der Waals surface area contributed by atoms with Crippen molar-refractivity contribution in [1.29, 1.82) is 0 Å². The SMILES string of the molecule is C=C(CCO)C1=C(C)C(O)CC1. The first kappa shape index (κ1) is 9.49. The minimum Gasteiger partial charge on any atom is -0.396 e. The van der Waals surface area contributed by atoms with Crippen LogP contribution in [0.1, 0.15) is 26.2 Å². The molecule has 1 unspecified atom stereocenters.